The Balaban J connectivity index is 1.96. The average Bonchev–Trinajstić information content (AvgIpc) is 2.56. The van der Waals surface area contributed by atoms with Crippen molar-refractivity contribution in [3.63, 3.8) is 0 Å². The summed E-state index contributed by atoms with van der Waals surface area (Å²) < 4.78 is 0. The first-order valence-electron chi connectivity index (χ1n) is 8.34. The lowest BCUT2D eigenvalue weighted by Gasteiger charge is -2.21. The first-order chi connectivity index (χ1) is 12.2. The monoisotopic (exact) mass is 373 g/mol. The number of amides is 3. The van der Waals surface area contributed by atoms with Crippen molar-refractivity contribution in [2.75, 3.05) is 12.4 Å². The second kappa shape index (κ2) is 8.23. The first kappa shape index (κ1) is 19.8. The van der Waals surface area contributed by atoms with Crippen LogP contribution in [0.15, 0.2) is 48.5 Å². The molecule has 0 radical (unpaired) electrons. The van der Waals surface area contributed by atoms with E-state index in [1.165, 1.54) is 0 Å². The molecule has 5 nitrogen and oxygen atoms in total. The van der Waals surface area contributed by atoms with E-state index in [1.807, 2.05) is 39.0 Å². The molecule has 2 rings (SSSR count). The van der Waals surface area contributed by atoms with Crippen LogP contribution in [0.2, 0.25) is 5.02 Å². The lowest BCUT2D eigenvalue weighted by Crippen LogP contribution is -2.40. The highest BCUT2D eigenvalue weighted by molar-refractivity contribution is 6.31. The number of hydrogen-bond donors (Lipinski definition) is 2. The summed E-state index contributed by atoms with van der Waals surface area (Å²) in [4.78, 5) is 26.0. The van der Waals surface area contributed by atoms with Crippen LogP contribution in [0.25, 0.3) is 0 Å². The van der Waals surface area contributed by atoms with Gasteiger partial charge < -0.3 is 15.5 Å². The maximum atomic E-state index is 12.3. The highest BCUT2D eigenvalue weighted by Gasteiger charge is 2.15. The van der Waals surface area contributed by atoms with Crippen molar-refractivity contribution in [1.82, 2.24) is 10.2 Å². The molecule has 0 spiro atoms. The molecule has 0 atom stereocenters. The lowest BCUT2D eigenvalue weighted by atomic mass is 10.1. The van der Waals surface area contributed by atoms with Crippen molar-refractivity contribution in [1.29, 1.82) is 0 Å². The smallest absolute Gasteiger partial charge is 0.321 e. The molecule has 2 N–H and O–H groups in total. The molecule has 6 heteroatoms. The number of nitrogens with zero attached hydrogens (tertiary/aromatic N) is 1. The molecule has 26 heavy (non-hydrogen) atoms. The molecule has 0 saturated carbocycles. The van der Waals surface area contributed by atoms with Crippen molar-refractivity contribution in [2.45, 2.75) is 32.9 Å². The third kappa shape index (κ3) is 5.77. The highest BCUT2D eigenvalue weighted by atomic mass is 35.5. The molecule has 0 heterocycles. The molecule has 3 amide bonds. The quantitative estimate of drug-likeness (QED) is 0.826. The van der Waals surface area contributed by atoms with Gasteiger partial charge in [-0.15, -0.1) is 0 Å². The molecule has 0 aliphatic rings. The number of hydrogen-bond acceptors (Lipinski definition) is 2. The van der Waals surface area contributed by atoms with Crippen molar-refractivity contribution >= 4 is 29.2 Å². The summed E-state index contributed by atoms with van der Waals surface area (Å²) in [5.41, 5.74) is 1.74. The van der Waals surface area contributed by atoms with Gasteiger partial charge in [0, 0.05) is 35.4 Å². The van der Waals surface area contributed by atoms with Gasteiger partial charge in [0.25, 0.3) is 5.91 Å². The van der Waals surface area contributed by atoms with Crippen LogP contribution >= 0.6 is 11.6 Å². The van der Waals surface area contributed by atoms with E-state index in [1.54, 1.807) is 42.3 Å². The van der Waals surface area contributed by atoms with E-state index < -0.39 is 0 Å². The topological polar surface area (TPSA) is 61.4 Å². The standard InChI is InChI=1S/C20H24ClN3O2/c1-20(2,3)23-18(25)14-9-11-16(12-10-14)22-19(26)24(4)13-15-7-5-6-8-17(15)21/h5-12H,13H2,1-4H3,(H,22,26)(H,23,25). The molecular formula is C20H24ClN3O2. The van der Waals surface area contributed by atoms with Crippen molar-refractivity contribution in [3.8, 4) is 0 Å². The Morgan fingerprint density at radius 3 is 2.23 bits per heavy atom. The molecule has 2 aromatic rings. The molecule has 0 aromatic heterocycles. The van der Waals surface area contributed by atoms with Gasteiger partial charge in [-0.2, -0.15) is 0 Å². The van der Waals surface area contributed by atoms with E-state index >= 15 is 0 Å². The predicted octanol–water partition coefficient (Wildman–Crippen LogP) is 4.53. The van der Waals surface area contributed by atoms with Gasteiger partial charge >= 0.3 is 6.03 Å². The van der Waals surface area contributed by atoms with Crippen LogP contribution in [0.5, 0.6) is 0 Å². The van der Waals surface area contributed by atoms with Gasteiger partial charge in [-0.05, 0) is 56.7 Å². The number of rotatable bonds is 4. The minimum absolute atomic E-state index is 0.147. The maximum Gasteiger partial charge on any atom is 0.321 e. The number of carbonyl (C=O) groups excluding carboxylic acids is 2. The summed E-state index contributed by atoms with van der Waals surface area (Å²) in [5, 5.41) is 6.33. The second-order valence-electron chi connectivity index (χ2n) is 7.16. The van der Waals surface area contributed by atoms with Crippen LogP contribution in [0.4, 0.5) is 10.5 Å². The predicted molar refractivity (Wildman–Crippen MR) is 106 cm³/mol. The van der Waals surface area contributed by atoms with E-state index in [9.17, 15) is 9.59 Å². The Kier molecular flexibility index (Phi) is 6.27. The van der Waals surface area contributed by atoms with Crippen LogP contribution < -0.4 is 10.6 Å². The van der Waals surface area contributed by atoms with Crippen LogP contribution in [0, 0.1) is 0 Å². The third-order valence-corrected chi connectivity index (χ3v) is 3.97. The lowest BCUT2D eigenvalue weighted by molar-refractivity contribution is 0.0919. The number of nitrogens with one attached hydrogen (secondary N) is 2. The fraction of sp³-hybridized carbons (Fsp3) is 0.300. The van der Waals surface area contributed by atoms with Gasteiger partial charge in [-0.3, -0.25) is 4.79 Å². The van der Waals surface area contributed by atoms with Crippen LogP contribution in [-0.2, 0) is 6.54 Å². The van der Waals surface area contributed by atoms with Crippen molar-refractivity contribution in [3.05, 3.63) is 64.7 Å². The number of anilines is 1. The summed E-state index contributed by atoms with van der Waals surface area (Å²) in [6, 6.07) is 13.9. The Labute approximate surface area is 159 Å². The van der Waals surface area contributed by atoms with Gasteiger partial charge in [-0.25, -0.2) is 4.79 Å². The number of halogens is 1. The van der Waals surface area contributed by atoms with Gasteiger partial charge in [0.05, 0.1) is 0 Å². The summed E-state index contributed by atoms with van der Waals surface area (Å²) in [6.45, 7) is 6.18. The van der Waals surface area contributed by atoms with Crippen LogP contribution in [0.3, 0.4) is 0 Å². The fourth-order valence-electron chi connectivity index (χ4n) is 2.29. The molecule has 0 unspecified atom stereocenters. The Morgan fingerprint density at radius 2 is 1.65 bits per heavy atom. The summed E-state index contributed by atoms with van der Waals surface area (Å²) in [5.74, 6) is -0.147. The van der Waals surface area contributed by atoms with Gasteiger partial charge in [0.1, 0.15) is 0 Å². The minimum Gasteiger partial charge on any atom is -0.347 e. The van der Waals surface area contributed by atoms with Crippen LogP contribution in [-0.4, -0.2) is 29.4 Å². The van der Waals surface area contributed by atoms with Gasteiger partial charge in [-0.1, -0.05) is 29.8 Å². The SMILES string of the molecule is CN(Cc1ccccc1Cl)C(=O)Nc1ccc(C(=O)NC(C)(C)C)cc1. The normalized spacial score (nSPS) is 11.0. The first-order valence-corrected chi connectivity index (χ1v) is 8.71. The van der Waals surface area contributed by atoms with E-state index in [0.29, 0.717) is 22.8 Å². The Bertz CT molecular complexity index is 782. The maximum absolute atomic E-state index is 12.3. The third-order valence-electron chi connectivity index (χ3n) is 3.60. The van der Waals surface area contributed by atoms with E-state index in [2.05, 4.69) is 10.6 Å². The van der Waals surface area contributed by atoms with Crippen molar-refractivity contribution in [2.24, 2.45) is 0 Å². The number of urea groups is 1. The number of carbonyl (C=O) groups is 2. The molecule has 0 bridgehead atoms. The fourth-order valence-corrected chi connectivity index (χ4v) is 2.49. The molecule has 138 valence electrons. The summed E-state index contributed by atoms with van der Waals surface area (Å²) in [7, 11) is 1.70. The van der Waals surface area contributed by atoms with Gasteiger partial charge in [0.2, 0.25) is 0 Å². The molecule has 0 saturated heterocycles. The van der Waals surface area contributed by atoms with Crippen molar-refractivity contribution < 1.29 is 9.59 Å². The zero-order valence-corrected chi connectivity index (χ0v) is 16.2. The number of benzene rings is 2. The second-order valence-corrected chi connectivity index (χ2v) is 7.57. The molecular weight excluding hydrogens is 350 g/mol. The molecule has 2 aromatic carbocycles. The van der Waals surface area contributed by atoms with Gasteiger partial charge in [0.15, 0.2) is 0 Å². The van der Waals surface area contributed by atoms with Crippen LogP contribution in [0.1, 0.15) is 36.7 Å². The Hall–Kier alpha value is -2.53. The average molecular weight is 374 g/mol. The van der Waals surface area contributed by atoms with E-state index in [4.69, 9.17) is 11.6 Å². The zero-order valence-electron chi connectivity index (χ0n) is 15.5. The molecule has 0 fully saturated rings. The molecule has 0 aliphatic heterocycles. The van der Waals surface area contributed by atoms with E-state index in [0.717, 1.165) is 5.56 Å². The summed E-state index contributed by atoms with van der Waals surface area (Å²) in [6.07, 6.45) is 0. The Morgan fingerprint density at radius 1 is 1.04 bits per heavy atom. The van der Waals surface area contributed by atoms with E-state index in [-0.39, 0.29) is 17.5 Å². The summed E-state index contributed by atoms with van der Waals surface area (Å²) >= 11 is 6.13. The minimum atomic E-state index is -0.300. The largest absolute Gasteiger partial charge is 0.347 e. The highest BCUT2D eigenvalue weighted by Crippen LogP contribution is 2.17. The zero-order chi connectivity index (χ0) is 19.3. The molecule has 0 aliphatic carbocycles.